The maximum Gasteiger partial charge on any atom is 0.264 e. The summed E-state index contributed by atoms with van der Waals surface area (Å²) in [5.41, 5.74) is 3.10. The van der Waals surface area contributed by atoms with Crippen molar-refractivity contribution >= 4 is 43.5 Å². The van der Waals surface area contributed by atoms with Gasteiger partial charge in [-0.25, -0.2) is 8.42 Å². The Balaban J connectivity index is 2.04. The number of halogens is 1. The number of hydrogen-bond donors (Lipinski definition) is 1. The van der Waals surface area contributed by atoms with E-state index in [-0.39, 0.29) is 23.4 Å². The van der Waals surface area contributed by atoms with Crippen LogP contribution in [0.4, 0.5) is 5.69 Å². The Morgan fingerprint density at radius 2 is 1.62 bits per heavy atom. The monoisotopic (exact) mass is 613 g/mol. The van der Waals surface area contributed by atoms with Gasteiger partial charge in [0.1, 0.15) is 12.6 Å². The Bertz CT molecular complexity index is 1410. The number of sulfonamides is 1. The normalized spacial score (nSPS) is 12.9. The molecular formula is C30H36BrN3O4S. The van der Waals surface area contributed by atoms with Gasteiger partial charge in [-0.05, 0) is 87.2 Å². The Morgan fingerprint density at radius 1 is 0.923 bits per heavy atom. The molecule has 0 heterocycles. The zero-order chi connectivity index (χ0) is 28.7. The first kappa shape index (κ1) is 30.4. The second-order valence-electron chi connectivity index (χ2n) is 9.74. The molecule has 0 aliphatic carbocycles. The van der Waals surface area contributed by atoms with E-state index in [4.69, 9.17) is 0 Å². The number of benzene rings is 3. The molecule has 39 heavy (non-hydrogen) atoms. The third-order valence-corrected chi connectivity index (χ3v) is 9.08. The van der Waals surface area contributed by atoms with Crippen LogP contribution in [0, 0.1) is 13.8 Å². The Kier molecular flexibility index (Phi) is 10.3. The van der Waals surface area contributed by atoms with Gasteiger partial charge in [0.25, 0.3) is 10.0 Å². The lowest BCUT2D eigenvalue weighted by Gasteiger charge is -2.32. The molecule has 0 fully saturated rings. The minimum Gasteiger partial charge on any atom is -0.352 e. The highest BCUT2D eigenvalue weighted by molar-refractivity contribution is 9.10. The van der Waals surface area contributed by atoms with Gasteiger partial charge < -0.3 is 10.2 Å². The van der Waals surface area contributed by atoms with Crippen LogP contribution in [-0.4, -0.2) is 43.8 Å². The first-order valence-electron chi connectivity index (χ1n) is 12.9. The molecular weight excluding hydrogens is 578 g/mol. The molecule has 0 spiro atoms. The summed E-state index contributed by atoms with van der Waals surface area (Å²) in [4.78, 5) is 28.6. The molecule has 3 aromatic rings. The van der Waals surface area contributed by atoms with Crippen LogP contribution < -0.4 is 9.62 Å². The Labute approximate surface area is 240 Å². The summed E-state index contributed by atoms with van der Waals surface area (Å²) < 4.78 is 29.7. The first-order chi connectivity index (χ1) is 18.4. The van der Waals surface area contributed by atoms with Crippen LogP contribution in [0.3, 0.4) is 0 Å². The Morgan fingerprint density at radius 3 is 2.23 bits per heavy atom. The highest BCUT2D eigenvalue weighted by Crippen LogP contribution is 2.26. The number of amides is 2. The molecule has 0 unspecified atom stereocenters. The van der Waals surface area contributed by atoms with E-state index in [9.17, 15) is 18.0 Å². The summed E-state index contributed by atoms with van der Waals surface area (Å²) in [7, 11) is -4.08. The van der Waals surface area contributed by atoms with Crippen LogP contribution in [0.15, 0.2) is 82.2 Å². The first-order valence-corrected chi connectivity index (χ1v) is 15.2. The number of aryl methyl sites for hydroxylation is 2. The van der Waals surface area contributed by atoms with E-state index in [0.717, 1.165) is 31.9 Å². The Hall–Kier alpha value is -3.17. The summed E-state index contributed by atoms with van der Waals surface area (Å²) in [6.45, 7) is 9.05. The van der Waals surface area contributed by atoms with E-state index in [2.05, 4.69) is 21.2 Å². The van der Waals surface area contributed by atoms with Gasteiger partial charge >= 0.3 is 0 Å². The van der Waals surface area contributed by atoms with Crippen molar-refractivity contribution in [1.82, 2.24) is 10.2 Å². The van der Waals surface area contributed by atoms with Crippen molar-refractivity contribution in [2.24, 2.45) is 0 Å². The van der Waals surface area contributed by atoms with E-state index in [1.807, 2.05) is 58.0 Å². The summed E-state index contributed by atoms with van der Waals surface area (Å²) in [6, 6.07) is 19.9. The van der Waals surface area contributed by atoms with E-state index in [1.54, 1.807) is 37.3 Å². The van der Waals surface area contributed by atoms with Crippen LogP contribution in [0.2, 0.25) is 0 Å². The second kappa shape index (κ2) is 13.3. The lowest BCUT2D eigenvalue weighted by Crippen LogP contribution is -2.52. The number of nitrogens with zero attached hydrogens (tertiary/aromatic N) is 2. The molecule has 0 aliphatic rings. The SMILES string of the molecule is CC[C@@H](C)NC(=O)[C@H](C)N(Cc1cccc(Br)c1)C(=O)CN(c1ccc(C)c(C)c1)S(=O)(=O)c1ccccc1. The van der Waals surface area contributed by atoms with Gasteiger partial charge in [-0.15, -0.1) is 0 Å². The molecule has 0 saturated carbocycles. The van der Waals surface area contributed by atoms with E-state index in [1.165, 1.54) is 17.0 Å². The van der Waals surface area contributed by atoms with Crippen LogP contribution >= 0.6 is 15.9 Å². The van der Waals surface area contributed by atoms with Crippen molar-refractivity contribution in [3.8, 4) is 0 Å². The number of rotatable bonds is 11. The number of carbonyl (C=O) groups excluding carboxylic acids is 2. The summed E-state index contributed by atoms with van der Waals surface area (Å²) in [5, 5.41) is 2.94. The van der Waals surface area contributed by atoms with Crippen LogP contribution in [-0.2, 0) is 26.2 Å². The quantitative estimate of drug-likeness (QED) is 0.305. The second-order valence-corrected chi connectivity index (χ2v) is 12.5. The minimum absolute atomic E-state index is 0.0618. The van der Waals surface area contributed by atoms with Gasteiger partial charge in [0.2, 0.25) is 11.8 Å². The van der Waals surface area contributed by atoms with Crippen molar-refractivity contribution in [3.05, 3.63) is 94.0 Å². The van der Waals surface area contributed by atoms with Crippen molar-refractivity contribution in [3.63, 3.8) is 0 Å². The largest absolute Gasteiger partial charge is 0.352 e. The molecule has 3 aromatic carbocycles. The summed E-state index contributed by atoms with van der Waals surface area (Å²) in [5.74, 6) is -0.782. The minimum atomic E-state index is -4.08. The van der Waals surface area contributed by atoms with Gasteiger partial charge in [-0.3, -0.25) is 13.9 Å². The van der Waals surface area contributed by atoms with Crippen molar-refractivity contribution in [2.75, 3.05) is 10.8 Å². The van der Waals surface area contributed by atoms with Crippen molar-refractivity contribution in [2.45, 2.75) is 64.6 Å². The highest BCUT2D eigenvalue weighted by Gasteiger charge is 2.32. The number of nitrogens with one attached hydrogen (secondary N) is 1. The molecule has 0 saturated heterocycles. The lowest BCUT2D eigenvalue weighted by atomic mass is 10.1. The maximum absolute atomic E-state index is 14.0. The standard InChI is InChI=1S/C30H36BrN3O4S/c1-6-23(4)32-30(36)24(5)33(19-25-11-10-12-26(31)18-25)29(35)20-34(27-16-15-21(2)22(3)17-27)39(37,38)28-13-8-7-9-14-28/h7-18,23-24H,6,19-20H2,1-5H3,(H,32,36)/t23-,24+/m1/s1. The van der Waals surface area contributed by atoms with Gasteiger partial charge in [0, 0.05) is 17.1 Å². The van der Waals surface area contributed by atoms with E-state index >= 15 is 0 Å². The smallest absolute Gasteiger partial charge is 0.264 e. The third-order valence-electron chi connectivity index (χ3n) is 6.80. The fourth-order valence-electron chi connectivity index (χ4n) is 4.01. The van der Waals surface area contributed by atoms with Crippen molar-refractivity contribution in [1.29, 1.82) is 0 Å². The van der Waals surface area contributed by atoms with Crippen LogP contribution in [0.1, 0.15) is 43.9 Å². The molecule has 2 amide bonds. The average Bonchev–Trinajstić information content (AvgIpc) is 2.91. The van der Waals surface area contributed by atoms with Gasteiger partial charge in [0.05, 0.1) is 10.6 Å². The topological polar surface area (TPSA) is 86.8 Å². The number of anilines is 1. The van der Waals surface area contributed by atoms with Crippen LogP contribution in [0.25, 0.3) is 0 Å². The molecule has 0 bridgehead atoms. The molecule has 3 rings (SSSR count). The fourth-order valence-corrected chi connectivity index (χ4v) is 5.88. The molecule has 7 nitrogen and oxygen atoms in total. The van der Waals surface area contributed by atoms with Gasteiger partial charge in [-0.1, -0.05) is 59.3 Å². The molecule has 208 valence electrons. The molecule has 2 atom stereocenters. The zero-order valence-corrected chi connectivity index (χ0v) is 25.4. The molecule has 1 N–H and O–H groups in total. The van der Waals surface area contributed by atoms with Crippen molar-refractivity contribution < 1.29 is 18.0 Å². The highest BCUT2D eigenvalue weighted by atomic mass is 79.9. The summed E-state index contributed by atoms with van der Waals surface area (Å²) in [6.07, 6.45) is 0.744. The predicted molar refractivity (Wildman–Crippen MR) is 159 cm³/mol. The van der Waals surface area contributed by atoms with E-state index < -0.39 is 28.5 Å². The summed E-state index contributed by atoms with van der Waals surface area (Å²) >= 11 is 3.46. The van der Waals surface area contributed by atoms with Gasteiger partial charge in [-0.2, -0.15) is 0 Å². The maximum atomic E-state index is 14.0. The predicted octanol–water partition coefficient (Wildman–Crippen LogP) is 5.59. The molecule has 0 radical (unpaired) electrons. The average molecular weight is 615 g/mol. The molecule has 0 aromatic heterocycles. The zero-order valence-electron chi connectivity index (χ0n) is 23.0. The molecule has 0 aliphatic heterocycles. The number of carbonyl (C=O) groups is 2. The van der Waals surface area contributed by atoms with E-state index in [0.29, 0.717) is 5.69 Å². The van der Waals surface area contributed by atoms with Gasteiger partial charge in [0.15, 0.2) is 0 Å². The van der Waals surface area contributed by atoms with Crippen LogP contribution in [0.5, 0.6) is 0 Å². The molecule has 9 heteroatoms. The fraction of sp³-hybridized carbons (Fsp3) is 0.333. The third kappa shape index (κ3) is 7.70. The number of hydrogen-bond acceptors (Lipinski definition) is 4. The lowest BCUT2D eigenvalue weighted by molar-refractivity contribution is -0.139.